The van der Waals surface area contributed by atoms with E-state index in [1.54, 1.807) is 0 Å². The lowest BCUT2D eigenvalue weighted by Crippen LogP contribution is -2.52. The SMILES string of the molecule is CN(C)CCNC1(CO)CCN(Cc2ccccc2)C1. The highest BCUT2D eigenvalue weighted by Gasteiger charge is 2.36. The minimum absolute atomic E-state index is 0.120. The van der Waals surface area contributed by atoms with Crippen LogP contribution < -0.4 is 5.32 Å². The second-order valence-electron chi connectivity index (χ2n) is 6.11. The van der Waals surface area contributed by atoms with Gasteiger partial charge >= 0.3 is 0 Å². The van der Waals surface area contributed by atoms with Crippen LogP contribution in [0.1, 0.15) is 12.0 Å². The second kappa shape index (κ2) is 7.18. The van der Waals surface area contributed by atoms with Gasteiger partial charge in [0, 0.05) is 32.7 Å². The first-order chi connectivity index (χ1) is 9.63. The Kier molecular flexibility index (Phi) is 5.54. The normalized spacial score (nSPS) is 23.6. The van der Waals surface area contributed by atoms with Crippen molar-refractivity contribution in [2.24, 2.45) is 0 Å². The summed E-state index contributed by atoms with van der Waals surface area (Å²) in [5.41, 5.74) is 1.22. The van der Waals surface area contributed by atoms with Crippen molar-refractivity contribution in [2.45, 2.75) is 18.5 Å². The lowest BCUT2D eigenvalue weighted by molar-refractivity contribution is 0.156. The average Bonchev–Trinajstić information content (AvgIpc) is 2.83. The fourth-order valence-electron chi connectivity index (χ4n) is 2.81. The van der Waals surface area contributed by atoms with Crippen LogP contribution in [0.3, 0.4) is 0 Å². The summed E-state index contributed by atoms with van der Waals surface area (Å²) in [5, 5.41) is 13.3. The minimum atomic E-state index is -0.120. The summed E-state index contributed by atoms with van der Waals surface area (Å²) in [6.45, 7) is 5.08. The lowest BCUT2D eigenvalue weighted by Gasteiger charge is -2.29. The standard InChI is InChI=1S/C16H27N3O/c1-18(2)11-9-17-16(14-20)8-10-19(13-16)12-15-6-4-3-5-7-15/h3-7,17,20H,8-14H2,1-2H3. The maximum absolute atomic E-state index is 9.76. The van der Waals surface area contributed by atoms with E-state index in [4.69, 9.17) is 0 Å². The first-order valence-electron chi connectivity index (χ1n) is 7.40. The summed E-state index contributed by atoms with van der Waals surface area (Å²) in [4.78, 5) is 4.59. The highest BCUT2D eigenvalue weighted by Crippen LogP contribution is 2.22. The van der Waals surface area contributed by atoms with E-state index in [1.165, 1.54) is 5.56 Å². The predicted octanol–water partition coefficient (Wildman–Crippen LogP) is 0.775. The molecule has 4 nitrogen and oxygen atoms in total. The van der Waals surface area contributed by atoms with E-state index in [9.17, 15) is 5.11 Å². The summed E-state index contributed by atoms with van der Waals surface area (Å²) >= 11 is 0. The fraction of sp³-hybridized carbons (Fsp3) is 0.625. The molecule has 0 aliphatic carbocycles. The Morgan fingerprint density at radius 1 is 1.30 bits per heavy atom. The third-order valence-electron chi connectivity index (χ3n) is 4.04. The molecule has 1 aromatic carbocycles. The molecule has 4 heteroatoms. The van der Waals surface area contributed by atoms with E-state index in [-0.39, 0.29) is 12.1 Å². The Hall–Kier alpha value is -0.940. The Bertz CT molecular complexity index is 396. The number of hydrogen-bond donors (Lipinski definition) is 2. The first kappa shape index (κ1) is 15.4. The Morgan fingerprint density at radius 3 is 2.70 bits per heavy atom. The van der Waals surface area contributed by atoms with Gasteiger partial charge in [-0.3, -0.25) is 4.90 Å². The predicted molar refractivity (Wildman–Crippen MR) is 82.7 cm³/mol. The highest BCUT2D eigenvalue weighted by atomic mass is 16.3. The largest absolute Gasteiger partial charge is 0.394 e. The molecular weight excluding hydrogens is 250 g/mol. The Labute approximate surface area is 122 Å². The smallest absolute Gasteiger partial charge is 0.0626 e. The maximum Gasteiger partial charge on any atom is 0.0626 e. The van der Waals surface area contributed by atoms with Crippen molar-refractivity contribution in [1.82, 2.24) is 15.1 Å². The summed E-state index contributed by atoms with van der Waals surface area (Å²) in [5.74, 6) is 0. The van der Waals surface area contributed by atoms with E-state index in [0.717, 1.165) is 39.1 Å². The third-order valence-corrected chi connectivity index (χ3v) is 4.04. The summed E-state index contributed by atoms with van der Waals surface area (Å²) in [6.07, 6.45) is 1.02. The van der Waals surface area contributed by atoms with Crippen LogP contribution in [0.2, 0.25) is 0 Å². The molecule has 0 bridgehead atoms. The molecule has 1 aliphatic heterocycles. The van der Waals surface area contributed by atoms with Crippen LogP contribution in [0.15, 0.2) is 30.3 Å². The van der Waals surface area contributed by atoms with Gasteiger partial charge in [-0.25, -0.2) is 0 Å². The minimum Gasteiger partial charge on any atom is -0.394 e. The van der Waals surface area contributed by atoms with E-state index >= 15 is 0 Å². The molecule has 2 N–H and O–H groups in total. The molecule has 0 amide bonds. The van der Waals surface area contributed by atoms with Crippen molar-refractivity contribution in [3.8, 4) is 0 Å². The maximum atomic E-state index is 9.76. The van der Waals surface area contributed by atoms with Gasteiger partial charge in [-0.15, -0.1) is 0 Å². The number of hydrogen-bond acceptors (Lipinski definition) is 4. The van der Waals surface area contributed by atoms with Gasteiger partial charge in [0.15, 0.2) is 0 Å². The number of aliphatic hydroxyl groups is 1. The topological polar surface area (TPSA) is 38.7 Å². The zero-order valence-corrected chi connectivity index (χ0v) is 12.7. The van der Waals surface area contributed by atoms with E-state index in [1.807, 2.05) is 6.07 Å². The molecule has 1 unspecified atom stereocenters. The molecule has 0 radical (unpaired) electrons. The first-order valence-corrected chi connectivity index (χ1v) is 7.40. The molecule has 1 atom stereocenters. The Morgan fingerprint density at radius 2 is 2.05 bits per heavy atom. The Balaban J connectivity index is 1.85. The van der Waals surface area contributed by atoms with Crippen molar-refractivity contribution in [1.29, 1.82) is 0 Å². The van der Waals surface area contributed by atoms with E-state index < -0.39 is 0 Å². The van der Waals surface area contributed by atoms with Crippen LogP contribution in [0.4, 0.5) is 0 Å². The van der Waals surface area contributed by atoms with Gasteiger partial charge < -0.3 is 15.3 Å². The fourth-order valence-corrected chi connectivity index (χ4v) is 2.81. The van der Waals surface area contributed by atoms with Gasteiger partial charge in [-0.1, -0.05) is 30.3 Å². The molecule has 1 aliphatic rings. The van der Waals surface area contributed by atoms with Crippen molar-refractivity contribution in [3.05, 3.63) is 35.9 Å². The molecule has 0 saturated carbocycles. The molecule has 1 heterocycles. The lowest BCUT2D eigenvalue weighted by atomic mass is 10.00. The van der Waals surface area contributed by atoms with Crippen molar-refractivity contribution in [3.63, 3.8) is 0 Å². The van der Waals surface area contributed by atoms with E-state index in [0.29, 0.717) is 0 Å². The zero-order valence-electron chi connectivity index (χ0n) is 12.7. The molecule has 1 saturated heterocycles. The van der Waals surface area contributed by atoms with Gasteiger partial charge in [0.2, 0.25) is 0 Å². The summed E-state index contributed by atoms with van der Waals surface area (Å²) < 4.78 is 0. The van der Waals surface area contributed by atoms with Crippen LogP contribution in [-0.4, -0.2) is 67.3 Å². The third kappa shape index (κ3) is 4.28. The second-order valence-corrected chi connectivity index (χ2v) is 6.11. The van der Waals surface area contributed by atoms with Gasteiger partial charge in [0.1, 0.15) is 0 Å². The molecule has 0 spiro atoms. The van der Waals surface area contributed by atoms with Crippen molar-refractivity contribution < 1.29 is 5.11 Å². The van der Waals surface area contributed by atoms with Crippen LogP contribution in [0.5, 0.6) is 0 Å². The average molecular weight is 277 g/mol. The zero-order chi connectivity index (χ0) is 14.4. The van der Waals surface area contributed by atoms with Crippen molar-refractivity contribution >= 4 is 0 Å². The number of nitrogens with zero attached hydrogens (tertiary/aromatic N) is 2. The number of likely N-dealkylation sites (N-methyl/N-ethyl adjacent to an activating group) is 1. The number of likely N-dealkylation sites (tertiary alicyclic amines) is 1. The van der Waals surface area contributed by atoms with Gasteiger partial charge in [0.25, 0.3) is 0 Å². The highest BCUT2D eigenvalue weighted by molar-refractivity contribution is 5.15. The van der Waals surface area contributed by atoms with Gasteiger partial charge in [-0.05, 0) is 26.1 Å². The number of nitrogens with one attached hydrogen (secondary N) is 1. The number of aliphatic hydroxyl groups excluding tert-OH is 1. The van der Waals surface area contributed by atoms with Gasteiger partial charge in [-0.2, -0.15) is 0 Å². The monoisotopic (exact) mass is 277 g/mol. The summed E-state index contributed by atoms with van der Waals surface area (Å²) in [7, 11) is 4.15. The molecule has 2 rings (SSSR count). The quantitative estimate of drug-likeness (QED) is 0.772. The number of rotatable bonds is 7. The van der Waals surface area contributed by atoms with Crippen LogP contribution >= 0.6 is 0 Å². The summed E-state index contributed by atoms with van der Waals surface area (Å²) in [6, 6.07) is 10.5. The molecule has 112 valence electrons. The molecule has 0 aromatic heterocycles. The van der Waals surface area contributed by atoms with E-state index in [2.05, 4.69) is 53.5 Å². The molecule has 1 aromatic rings. The molecular formula is C16H27N3O. The molecule has 1 fully saturated rings. The van der Waals surface area contributed by atoms with Crippen LogP contribution in [0.25, 0.3) is 0 Å². The molecule has 20 heavy (non-hydrogen) atoms. The van der Waals surface area contributed by atoms with Crippen molar-refractivity contribution in [2.75, 3.05) is 46.9 Å². The number of benzene rings is 1. The van der Waals surface area contributed by atoms with Crippen LogP contribution in [-0.2, 0) is 6.54 Å². The van der Waals surface area contributed by atoms with Gasteiger partial charge in [0.05, 0.1) is 12.1 Å². The van der Waals surface area contributed by atoms with Crippen LogP contribution in [0, 0.1) is 0 Å².